The molecule has 1 amide bonds. The fourth-order valence-electron chi connectivity index (χ4n) is 2.58. The summed E-state index contributed by atoms with van der Waals surface area (Å²) in [5.74, 6) is -0.487. The van der Waals surface area contributed by atoms with Crippen molar-refractivity contribution < 1.29 is 13.9 Å². The van der Waals surface area contributed by atoms with Crippen LogP contribution in [0.2, 0.25) is 0 Å². The topological polar surface area (TPSA) is 82.7 Å². The van der Waals surface area contributed by atoms with Crippen LogP contribution in [0.25, 0.3) is 26.4 Å². The lowest BCUT2D eigenvalue weighted by atomic mass is 10.0. The number of anilines is 1. The highest BCUT2D eigenvalue weighted by molar-refractivity contribution is 5.90. The van der Waals surface area contributed by atoms with E-state index in [1.807, 2.05) is 0 Å². The number of halogens is 1. The number of hydrogen-bond acceptors (Lipinski definition) is 3. The third-order valence-electron chi connectivity index (χ3n) is 3.79. The standard InChI is InChI=1S/C17H12FN5O2/c1-20-12-4-2-11(3-5-12)15-7-6-13(8-16(15)18)23-10-14(9-21-22-19)25-17(23)24/h2-8,14H,9-10H2. The van der Waals surface area contributed by atoms with Gasteiger partial charge in [0.1, 0.15) is 11.9 Å². The molecule has 3 rings (SSSR count). The number of ether oxygens (including phenoxy) is 1. The van der Waals surface area contributed by atoms with Crippen LogP contribution in [0.5, 0.6) is 0 Å². The Labute approximate surface area is 142 Å². The van der Waals surface area contributed by atoms with E-state index in [-0.39, 0.29) is 13.1 Å². The molecular formula is C17H12FN5O2. The molecule has 124 valence electrons. The molecule has 1 aliphatic heterocycles. The van der Waals surface area contributed by atoms with Crippen LogP contribution in [-0.4, -0.2) is 25.3 Å². The zero-order valence-corrected chi connectivity index (χ0v) is 13.0. The zero-order valence-electron chi connectivity index (χ0n) is 13.0. The number of hydrogen-bond donors (Lipinski definition) is 0. The number of azide groups is 1. The first-order valence-electron chi connectivity index (χ1n) is 7.39. The van der Waals surface area contributed by atoms with E-state index in [0.29, 0.717) is 22.5 Å². The van der Waals surface area contributed by atoms with Crippen molar-refractivity contribution in [2.75, 3.05) is 18.0 Å². The van der Waals surface area contributed by atoms with Crippen molar-refractivity contribution in [3.05, 3.63) is 70.1 Å². The van der Waals surface area contributed by atoms with Crippen LogP contribution in [-0.2, 0) is 4.74 Å². The molecule has 0 aromatic heterocycles. The minimum absolute atomic E-state index is 0.0344. The number of nitrogens with zero attached hydrogens (tertiary/aromatic N) is 5. The largest absolute Gasteiger partial charge is 0.444 e. The van der Waals surface area contributed by atoms with Gasteiger partial charge in [0.05, 0.1) is 25.3 Å². The van der Waals surface area contributed by atoms with E-state index in [4.69, 9.17) is 16.8 Å². The number of carbonyl (C=O) groups is 1. The Morgan fingerprint density at radius 3 is 2.72 bits per heavy atom. The number of benzene rings is 2. The van der Waals surface area contributed by atoms with Gasteiger partial charge in [0.25, 0.3) is 0 Å². The molecule has 1 fully saturated rings. The molecule has 1 atom stereocenters. The maximum absolute atomic E-state index is 14.5. The van der Waals surface area contributed by atoms with Gasteiger partial charge < -0.3 is 4.74 Å². The second kappa shape index (κ2) is 6.91. The van der Waals surface area contributed by atoms with Crippen LogP contribution in [0.1, 0.15) is 0 Å². The summed E-state index contributed by atoms with van der Waals surface area (Å²) < 4.78 is 19.6. The molecule has 0 aliphatic carbocycles. The lowest BCUT2D eigenvalue weighted by molar-refractivity contribution is 0.145. The van der Waals surface area contributed by atoms with Crippen molar-refractivity contribution in [2.45, 2.75) is 6.10 Å². The second-order valence-electron chi connectivity index (χ2n) is 5.35. The fraction of sp³-hybridized carbons (Fsp3) is 0.176. The van der Waals surface area contributed by atoms with Gasteiger partial charge in [0.15, 0.2) is 5.69 Å². The lowest BCUT2D eigenvalue weighted by Gasteiger charge is -2.14. The van der Waals surface area contributed by atoms with E-state index in [0.717, 1.165) is 0 Å². The molecule has 25 heavy (non-hydrogen) atoms. The first-order chi connectivity index (χ1) is 12.1. The average molecular weight is 337 g/mol. The highest BCUT2D eigenvalue weighted by Crippen LogP contribution is 2.30. The molecule has 1 aliphatic rings. The third-order valence-corrected chi connectivity index (χ3v) is 3.79. The molecular weight excluding hydrogens is 325 g/mol. The van der Waals surface area contributed by atoms with E-state index < -0.39 is 18.0 Å². The molecule has 7 nitrogen and oxygen atoms in total. The van der Waals surface area contributed by atoms with Crippen molar-refractivity contribution in [1.82, 2.24) is 0 Å². The Morgan fingerprint density at radius 1 is 1.32 bits per heavy atom. The number of amides is 1. The summed E-state index contributed by atoms with van der Waals surface area (Å²) in [4.78, 5) is 19.1. The summed E-state index contributed by atoms with van der Waals surface area (Å²) in [6.07, 6.45) is -1.15. The van der Waals surface area contributed by atoms with Crippen LogP contribution in [0.3, 0.4) is 0 Å². The first-order valence-corrected chi connectivity index (χ1v) is 7.39. The van der Waals surface area contributed by atoms with Crippen molar-refractivity contribution >= 4 is 17.5 Å². The Hall–Kier alpha value is -3.56. The van der Waals surface area contributed by atoms with Crippen LogP contribution < -0.4 is 4.90 Å². The number of carbonyl (C=O) groups excluding carboxylic acids is 1. The van der Waals surface area contributed by atoms with Gasteiger partial charge in [-0.1, -0.05) is 29.4 Å². The van der Waals surface area contributed by atoms with Crippen LogP contribution in [0.4, 0.5) is 20.6 Å². The van der Waals surface area contributed by atoms with Gasteiger partial charge in [-0.25, -0.2) is 14.0 Å². The Kier molecular flexibility index (Phi) is 4.50. The maximum atomic E-state index is 14.5. The van der Waals surface area contributed by atoms with Gasteiger partial charge in [0, 0.05) is 10.5 Å². The zero-order chi connectivity index (χ0) is 17.8. The summed E-state index contributed by atoms with van der Waals surface area (Å²) in [5, 5.41) is 3.38. The highest BCUT2D eigenvalue weighted by atomic mass is 19.1. The summed E-state index contributed by atoms with van der Waals surface area (Å²) in [5.41, 5.74) is 10.2. The Balaban J connectivity index is 1.83. The van der Waals surface area contributed by atoms with Gasteiger partial charge in [-0.15, -0.1) is 0 Å². The minimum atomic E-state index is -0.605. The Morgan fingerprint density at radius 2 is 2.08 bits per heavy atom. The molecule has 2 aromatic carbocycles. The normalized spacial score (nSPS) is 16.1. The predicted octanol–water partition coefficient (Wildman–Crippen LogP) is 4.68. The van der Waals surface area contributed by atoms with E-state index >= 15 is 0 Å². The monoisotopic (exact) mass is 337 g/mol. The molecule has 1 heterocycles. The highest BCUT2D eigenvalue weighted by Gasteiger charge is 2.32. The molecule has 0 radical (unpaired) electrons. The van der Waals surface area contributed by atoms with E-state index in [1.54, 1.807) is 36.4 Å². The summed E-state index contributed by atoms with van der Waals surface area (Å²) in [6, 6.07) is 11.0. The van der Waals surface area contributed by atoms with Crippen LogP contribution in [0, 0.1) is 12.4 Å². The van der Waals surface area contributed by atoms with Crippen molar-refractivity contribution in [2.24, 2.45) is 5.11 Å². The summed E-state index contributed by atoms with van der Waals surface area (Å²) >= 11 is 0. The van der Waals surface area contributed by atoms with Gasteiger partial charge in [0.2, 0.25) is 0 Å². The van der Waals surface area contributed by atoms with Crippen molar-refractivity contribution in [3.63, 3.8) is 0 Å². The minimum Gasteiger partial charge on any atom is -0.444 e. The van der Waals surface area contributed by atoms with Gasteiger partial charge >= 0.3 is 6.09 Å². The first kappa shape index (κ1) is 16.3. The third kappa shape index (κ3) is 3.37. The average Bonchev–Trinajstić information content (AvgIpc) is 3.00. The molecule has 1 saturated heterocycles. The molecule has 1 unspecified atom stereocenters. The van der Waals surface area contributed by atoms with Crippen molar-refractivity contribution in [3.8, 4) is 11.1 Å². The quantitative estimate of drug-likeness (QED) is 0.351. The SMILES string of the molecule is [C-]#[N+]c1ccc(-c2ccc(N3CC(CN=[N+]=[N-])OC3=O)cc2F)cc1. The smallest absolute Gasteiger partial charge is 0.414 e. The fourth-order valence-corrected chi connectivity index (χ4v) is 2.58. The summed E-state index contributed by atoms with van der Waals surface area (Å²) in [7, 11) is 0. The molecule has 8 heteroatoms. The molecule has 0 bridgehead atoms. The molecule has 0 N–H and O–H groups in total. The van der Waals surface area contributed by atoms with Gasteiger partial charge in [-0.05, 0) is 29.3 Å². The van der Waals surface area contributed by atoms with E-state index in [9.17, 15) is 9.18 Å². The lowest BCUT2D eigenvalue weighted by Crippen LogP contribution is -2.25. The molecule has 0 spiro atoms. The number of cyclic esters (lactones) is 1. The predicted molar refractivity (Wildman–Crippen MR) is 89.7 cm³/mol. The number of rotatable bonds is 4. The van der Waals surface area contributed by atoms with Gasteiger partial charge in [-0.3, -0.25) is 4.90 Å². The van der Waals surface area contributed by atoms with Crippen molar-refractivity contribution in [1.29, 1.82) is 0 Å². The van der Waals surface area contributed by atoms with E-state index in [1.165, 1.54) is 11.0 Å². The molecule has 0 saturated carbocycles. The second-order valence-corrected chi connectivity index (χ2v) is 5.35. The molecule has 2 aromatic rings. The summed E-state index contributed by atoms with van der Waals surface area (Å²) in [6.45, 7) is 7.16. The van der Waals surface area contributed by atoms with Crippen LogP contribution >= 0.6 is 0 Å². The van der Waals surface area contributed by atoms with Gasteiger partial charge in [-0.2, -0.15) is 0 Å². The van der Waals surface area contributed by atoms with Crippen LogP contribution in [0.15, 0.2) is 47.6 Å². The maximum Gasteiger partial charge on any atom is 0.414 e. The van der Waals surface area contributed by atoms with E-state index in [2.05, 4.69) is 14.9 Å². The Bertz CT molecular complexity index is 900.